The summed E-state index contributed by atoms with van der Waals surface area (Å²) in [6.07, 6.45) is 3.35. The standard InChI is InChI=1S/C6H7NO2/c7-5-3-1-2-4-6(8)9/h1,3H,2,4H2,(H,8,9). The van der Waals surface area contributed by atoms with Gasteiger partial charge in [-0.1, -0.05) is 6.08 Å². The number of hydrogen-bond donors (Lipinski definition) is 1. The van der Waals surface area contributed by atoms with Gasteiger partial charge in [-0.2, -0.15) is 5.26 Å². The van der Waals surface area contributed by atoms with Crippen molar-refractivity contribution in [3.8, 4) is 6.07 Å². The van der Waals surface area contributed by atoms with Crippen LogP contribution in [0.5, 0.6) is 0 Å². The Labute approximate surface area is 53.2 Å². The van der Waals surface area contributed by atoms with Crippen LogP contribution < -0.4 is 0 Å². The first-order valence-corrected chi connectivity index (χ1v) is 2.54. The Morgan fingerprint density at radius 1 is 1.78 bits per heavy atom. The summed E-state index contributed by atoms with van der Waals surface area (Å²) < 4.78 is 0. The lowest BCUT2D eigenvalue weighted by Crippen LogP contribution is -1.91. The van der Waals surface area contributed by atoms with E-state index in [-0.39, 0.29) is 6.42 Å². The molecule has 0 bridgehead atoms. The summed E-state index contributed by atoms with van der Waals surface area (Å²) in [5.41, 5.74) is 0. The Bertz CT molecular complexity index is 155. The van der Waals surface area contributed by atoms with E-state index in [0.717, 1.165) is 0 Å². The lowest BCUT2D eigenvalue weighted by molar-refractivity contribution is -0.136. The van der Waals surface area contributed by atoms with Gasteiger partial charge in [0, 0.05) is 12.5 Å². The maximum absolute atomic E-state index is 9.85. The molecule has 0 aromatic carbocycles. The molecule has 3 heteroatoms. The average molecular weight is 125 g/mol. The number of allylic oxidation sites excluding steroid dienone is 2. The number of hydrogen-bond acceptors (Lipinski definition) is 2. The van der Waals surface area contributed by atoms with Gasteiger partial charge < -0.3 is 5.11 Å². The van der Waals surface area contributed by atoms with Gasteiger partial charge in [-0.3, -0.25) is 4.79 Å². The third-order valence-electron chi connectivity index (χ3n) is 0.717. The molecular weight excluding hydrogens is 118 g/mol. The van der Waals surface area contributed by atoms with Crippen LogP contribution in [-0.2, 0) is 4.79 Å². The highest BCUT2D eigenvalue weighted by molar-refractivity contribution is 5.66. The fourth-order valence-electron chi connectivity index (χ4n) is 0.343. The van der Waals surface area contributed by atoms with Crippen molar-refractivity contribution in [2.75, 3.05) is 0 Å². The van der Waals surface area contributed by atoms with E-state index in [1.54, 1.807) is 6.07 Å². The summed E-state index contributed by atoms with van der Waals surface area (Å²) in [7, 11) is 0. The first kappa shape index (κ1) is 7.70. The van der Waals surface area contributed by atoms with Crippen LogP contribution in [-0.4, -0.2) is 11.1 Å². The van der Waals surface area contributed by atoms with Gasteiger partial charge in [0.2, 0.25) is 0 Å². The second-order valence-corrected chi connectivity index (χ2v) is 1.46. The molecule has 3 nitrogen and oxygen atoms in total. The Morgan fingerprint density at radius 3 is 2.89 bits per heavy atom. The van der Waals surface area contributed by atoms with Crippen LogP contribution in [0.3, 0.4) is 0 Å². The summed E-state index contributed by atoms with van der Waals surface area (Å²) in [5, 5.41) is 16.0. The van der Waals surface area contributed by atoms with Crippen molar-refractivity contribution in [3.05, 3.63) is 12.2 Å². The van der Waals surface area contributed by atoms with Gasteiger partial charge in [0.1, 0.15) is 0 Å². The topological polar surface area (TPSA) is 61.1 Å². The quantitative estimate of drug-likeness (QED) is 0.571. The van der Waals surface area contributed by atoms with Gasteiger partial charge in [-0.05, 0) is 6.42 Å². The number of nitrogens with zero attached hydrogens (tertiary/aromatic N) is 1. The summed E-state index contributed by atoms with van der Waals surface area (Å²) >= 11 is 0. The third-order valence-corrected chi connectivity index (χ3v) is 0.717. The molecule has 0 spiro atoms. The Morgan fingerprint density at radius 2 is 2.44 bits per heavy atom. The monoisotopic (exact) mass is 125 g/mol. The zero-order valence-electron chi connectivity index (χ0n) is 4.87. The second kappa shape index (κ2) is 4.85. The van der Waals surface area contributed by atoms with Crippen LogP contribution in [0.1, 0.15) is 12.8 Å². The largest absolute Gasteiger partial charge is 0.481 e. The normalized spacial score (nSPS) is 9.22. The van der Waals surface area contributed by atoms with Crippen molar-refractivity contribution in [1.82, 2.24) is 0 Å². The fourth-order valence-corrected chi connectivity index (χ4v) is 0.343. The van der Waals surface area contributed by atoms with E-state index in [1.165, 1.54) is 12.2 Å². The summed E-state index contributed by atoms with van der Waals surface area (Å²) in [4.78, 5) is 9.85. The lowest BCUT2D eigenvalue weighted by atomic mass is 10.3. The molecular formula is C6H7NO2. The third kappa shape index (κ3) is 6.70. The highest BCUT2D eigenvalue weighted by Gasteiger charge is 1.90. The molecule has 0 unspecified atom stereocenters. The predicted octanol–water partition coefficient (Wildman–Crippen LogP) is 0.931. The molecule has 0 aromatic rings. The summed E-state index contributed by atoms with van der Waals surface area (Å²) in [6.45, 7) is 0. The minimum absolute atomic E-state index is 0.0954. The van der Waals surface area contributed by atoms with Crippen molar-refractivity contribution < 1.29 is 9.90 Å². The lowest BCUT2D eigenvalue weighted by Gasteiger charge is -1.83. The molecule has 0 atom stereocenters. The van der Waals surface area contributed by atoms with Crippen LogP contribution in [0, 0.1) is 11.3 Å². The van der Waals surface area contributed by atoms with Gasteiger partial charge in [0.15, 0.2) is 0 Å². The molecule has 0 radical (unpaired) electrons. The Balaban J connectivity index is 3.22. The van der Waals surface area contributed by atoms with Crippen molar-refractivity contribution in [3.63, 3.8) is 0 Å². The van der Waals surface area contributed by atoms with Gasteiger partial charge in [-0.25, -0.2) is 0 Å². The summed E-state index contributed by atoms with van der Waals surface area (Å²) in [5.74, 6) is -0.836. The van der Waals surface area contributed by atoms with Crippen molar-refractivity contribution in [2.24, 2.45) is 0 Å². The minimum atomic E-state index is -0.836. The van der Waals surface area contributed by atoms with E-state index in [1.807, 2.05) is 0 Å². The number of aliphatic carboxylic acids is 1. The van der Waals surface area contributed by atoms with Crippen molar-refractivity contribution >= 4 is 5.97 Å². The second-order valence-electron chi connectivity index (χ2n) is 1.46. The predicted molar refractivity (Wildman–Crippen MR) is 31.6 cm³/mol. The van der Waals surface area contributed by atoms with Crippen molar-refractivity contribution in [1.29, 1.82) is 5.26 Å². The SMILES string of the molecule is N#CC=CCCC(=O)O. The van der Waals surface area contributed by atoms with Gasteiger partial charge in [-0.15, -0.1) is 0 Å². The molecule has 0 saturated heterocycles. The van der Waals surface area contributed by atoms with Gasteiger partial charge in [0.25, 0.3) is 0 Å². The van der Waals surface area contributed by atoms with E-state index in [9.17, 15) is 4.79 Å². The van der Waals surface area contributed by atoms with Crippen LogP contribution >= 0.6 is 0 Å². The molecule has 9 heavy (non-hydrogen) atoms. The highest BCUT2D eigenvalue weighted by atomic mass is 16.4. The zero-order valence-corrected chi connectivity index (χ0v) is 4.87. The molecule has 0 amide bonds. The number of carbonyl (C=O) groups is 1. The molecule has 48 valence electrons. The maximum atomic E-state index is 9.85. The fraction of sp³-hybridized carbons (Fsp3) is 0.333. The van der Waals surface area contributed by atoms with E-state index < -0.39 is 5.97 Å². The zero-order chi connectivity index (χ0) is 7.11. The summed E-state index contributed by atoms with van der Waals surface area (Å²) in [6, 6.07) is 1.77. The molecule has 0 aliphatic carbocycles. The molecule has 0 saturated carbocycles. The molecule has 0 heterocycles. The number of carboxylic acids is 1. The molecule has 0 rings (SSSR count). The molecule has 0 aliphatic heterocycles. The van der Waals surface area contributed by atoms with Crippen LogP contribution in [0.15, 0.2) is 12.2 Å². The first-order valence-electron chi connectivity index (χ1n) is 2.54. The molecule has 0 aromatic heterocycles. The molecule has 0 fully saturated rings. The number of carboxylic acid groups (broad SMARTS) is 1. The van der Waals surface area contributed by atoms with E-state index in [0.29, 0.717) is 6.42 Å². The first-order chi connectivity index (χ1) is 4.27. The van der Waals surface area contributed by atoms with Gasteiger partial charge in [0.05, 0.1) is 6.07 Å². The van der Waals surface area contributed by atoms with Crippen LogP contribution in [0.25, 0.3) is 0 Å². The Kier molecular flexibility index (Phi) is 4.15. The average Bonchev–Trinajstić information content (AvgIpc) is 1.80. The van der Waals surface area contributed by atoms with E-state index >= 15 is 0 Å². The molecule has 0 aliphatic rings. The number of nitriles is 1. The smallest absolute Gasteiger partial charge is 0.303 e. The highest BCUT2D eigenvalue weighted by Crippen LogP contribution is 1.88. The van der Waals surface area contributed by atoms with Gasteiger partial charge >= 0.3 is 5.97 Å². The molecule has 1 N–H and O–H groups in total. The Hall–Kier alpha value is -1.30. The van der Waals surface area contributed by atoms with Crippen molar-refractivity contribution in [2.45, 2.75) is 12.8 Å². The van der Waals surface area contributed by atoms with Crippen LogP contribution in [0.2, 0.25) is 0 Å². The van der Waals surface area contributed by atoms with E-state index in [4.69, 9.17) is 10.4 Å². The number of rotatable bonds is 3. The maximum Gasteiger partial charge on any atom is 0.303 e. The van der Waals surface area contributed by atoms with Crippen LogP contribution in [0.4, 0.5) is 0 Å². The van der Waals surface area contributed by atoms with E-state index in [2.05, 4.69) is 0 Å². The minimum Gasteiger partial charge on any atom is -0.481 e.